The molecule has 0 aliphatic heterocycles. The van der Waals surface area contributed by atoms with Crippen molar-refractivity contribution in [2.24, 2.45) is 10.3 Å². The van der Waals surface area contributed by atoms with Crippen molar-refractivity contribution in [3.63, 3.8) is 0 Å². The van der Waals surface area contributed by atoms with Crippen LogP contribution in [0.25, 0.3) is 0 Å². The molecule has 0 unspecified atom stereocenters. The number of aryl methyl sites for hydroxylation is 1. The van der Waals surface area contributed by atoms with Gasteiger partial charge in [-0.05, 0) is 43.5 Å². The van der Waals surface area contributed by atoms with Gasteiger partial charge in [0.2, 0.25) is 0 Å². The summed E-state index contributed by atoms with van der Waals surface area (Å²) in [6.45, 7) is 7.16. The first-order valence-corrected chi connectivity index (χ1v) is 9.00. The fraction of sp³-hybridized carbons (Fsp3) is 0.294. The minimum Gasteiger partial charge on any atom is -0.290 e. The van der Waals surface area contributed by atoms with Crippen LogP contribution < -0.4 is 0 Å². The third-order valence-corrected chi connectivity index (χ3v) is 5.21. The SMILES string of the molecule is CC1=CC(=O)C(C(C)C)=C(Cl)C1=NS(=O)(=O)c1ccc(C)cc1. The predicted octanol–water partition coefficient (Wildman–Crippen LogP) is 3.80. The summed E-state index contributed by atoms with van der Waals surface area (Å²) in [5.74, 6) is -0.319. The molecule has 23 heavy (non-hydrogen) atoms. The monoisotopic (exact) mass is 351 g/mol. The highest BCUT2D eigenvalue weighted by Gasteiger charge is 2.27. The summed E-state index contributed by atoms with van der Waals surface area (Å²) in [6.07, 6.45) is 1.38. The number of ketones is 1. The molecule has 1 aliphatic rings. The van der Waals surface area contributed by atoms with Gasteiger partial charge in [-0.2, -0.15) is 12.8 Å². The van der Waals surface area contributed by atoms with E-state index in [-0.39, 0.29) is 27.3 Å². The molecule has 0 aromatic heterocycles. The molecule has 0 saturated heterocycles. The Hall–Kier alpha value is -1.72. The van der Waals surface area contributed by atoms with Gasteiger partial charge >= 0.3 is 0 Å². The van der Waals surface area contributed by atoms with E-state index >= 15 is 0 Å². The summed E-state index contributed by atoms with van der Waals surface area (Å²) in [4.78, 5) is 12.1. The van der Waals surface area contributed by atoms with Crippen LogP contribution in [0.1, 0.15) is 26.3 Å². The maximum atomic E-state index is 12.5. The molecule has 6 heteroatoms. The molecule has 1 aromatic rings. The summed E-state index contributed by atoms with van der Waals surface area (Å²) in [7, 11) is -3.89. The average Bonchev–Trinajstić information content (AvgIpc) is 2.43. The minimum atomic E-state index is -3.89. The largest absolute Gasteiger partial charge is 0.290 e. The summed E-state index contributed by atoms with van der Waals surface area (Å²) in [5.41, 5.74) is 1.92. The molecule has 0 fully saturated rings. The molecule has 0 amide bonds. The van der Waals surface area contributed by atoms with Crippen LogP contribution in [0, 0.1) is 12.8 Å². The number of sulfonamides is 1. The Morgan fingerprint density at radius 2 is 1.65 bits per heavy atom. The second-order valence-electron chi connectivity index (χ2n) is 5.80. The first-order valence-electron chi connectivity index (χ1n) is 7.18. The van der Waals surface area contributed by atoms with Crippen LogP contribution in [-0.4, -0.2) is 19.9 Å². The number of carbonyl (C=O) groups excluding carboxylic acids is 1. The van der Waals surface area contributed by atoms with Crippen molar-refractivity contribution >= 4 is 33.1 Å². The molecular weight excluding hydrogens is 334 g/mol. The molecular formula is C17H18ClNO3S. The lowest BCUT2D eigenvalue weighted by Gasteiger charge is -2.18. The quantitative estimate of drug-likeness (QED) is 0.778. The van der Waals surface area contributed by atoms with Crippen molar-refractivity contribution < 1.29 is 13.2 Å². The highest BCUT2D eigenvalue weighted by Crippen LogP contribution is 2.29. The van der Waals surface area contributed by atoms with E-state index < -0.39 is 10.0 Å². The van der Waals surface area contributed by atoms with E-state index in [0.717, 1.165) is 5.56 Å². The molecule has 0 radical (unpaired) electrons. The number of benzene rings is 1. The van der Waals surface area contributed by atoms with Gasteiger partial charge in [0.15, 0.2) is 5.78 Å². The molecule has 2 rings (SSSR count). The van der Waals surface area contributed by atoms with Crippen molar-refractivity contribution in [2.75, 3.05) is 0 Å². The summed E-state index contributed by atoms with van der Waals surface area (Å²) < 4.78 is 28.8. The molecule has 0 bridgehead atoms. The van der Waals surface area contributed by atoms with Gasteiger partial charge in [-0.1, -0.05) is 43.1 Å². The maximum Gasteiger partial charge on any atom is 0.282 e. The zero-order chi connectivity index (χ0) is 17.4. The molecule has 0 saturated carbocycles. The van der Waals surface area contributed by atoms with Crippen LogP contribution in [0.5, 0.6) is 0 Å². The van der Waals surface area contributed by atoms with E-state index in [4.69, 9.17) is 11.6 Å². The molecule has 1 aromatic carbocycles. The molecule has 0 N–H and O–H groups in total. The highest BCUT2D eigenvalue weighted by atomic mass is 35.5. The van der Waals surface area contributed by atoms with Crippen molar-refractivity contribution in [1.82, 2.24) is 0 Å². The van der Waals surface area contributed by atoms with Gasteiger partial charge in [0, 0.05) is 5.57 Å². The van der Waals surface area contributed by atoms with Crippen LogP contribution in [0.4, 0.5) is 0 Å². The van der Waals surface area contributed by atoms with Gasteiger partial charge in [-0.3, -0.25) is 4.79 Å². The van der Waals surface area contributed by atoms with E-state index in [9.17, 15) is 13.2 Å². The Morgan fingerprint density at radius 1 is 1.09 bits per heavy atom. The fourth-order valence-electron chi connectivity index (χ4n) is 2.28. The highest BCUT2D eigenvalue weighted by molar-refractivity contribution is 7.90. The van der Waals surface area contributed by atoms with Gasteiger partial charge in [-0.15, -0.1) is 0 Å². The fourth-order valence-corrected chi connectivity index (χ4v) is 3.90. The van der Waals surface area contributed by atoms with E-state index in [1.165, 1.54) is 18.2 Å². The Labute approximate surface area is 141 Å². The van der Waals surface area contributed by atoms with Crippen molar-refractivity contribution in [3.05, 3.63) is 52.1 Å². The van der Waals surface area contributed by atoms with E-state index in [1.54, 1.807) is 19.1 Å². The second kappa shape index (κ2) is 6.42. The van der Waals surface area contributed by atoms with Crippen LogP contribution in [0.3, 0.4) is 0 Å². The number of carbonyl (C=O) groups is 1. The van der Waals surface area contributed by atoms with Crippen molar-refractivity contribution in [1.29, 1.82) is 0 Å². The van der Waals surface area contributed by atoms with E-state index in [0.29, 0.717) is 11.1 Å². The van der Waals surface area contributed by atoms with Gasteiger partial charge < -0.3 is 0 Å². The van der Waals surface area contributed by atoms with Gasteiger partial charge in [-0.25, -0.2) is 0 Å². The number of rotatable bonds is 3. The Morgan fingerprint density at radius 3 is 2.17 bits per heavy atom. The number of allylic oxidation sites excluding steroid dienone is 4. The lowest BCUT2D eigenvalue weighted by molar-refractivity contribution is -0.111. The number of nitrogens with zero attached hydrogens (tertiary/aromatic N) is 1. The summed E-state index contributed by atoms with van der Waals surface area (Å²) >= 11 is 6.27. The van der Waals surface area contributed by atoms with Crippen LogP contribution in [0.15, 0.2) is 55.8 Å². The van der Waals surface area contributed by atoms with Gasteiger partial charge in [0.1, 0.15) is 0 Å². The van der Waals surface area contributed by atoms with Crippen molar-refractivity contribution in [3.8, 4) is 0 Å². The van der Waals surface area contributed by atoms with Gasteiger partial charge in [0.05, 0.1) is 15.6 Å². The molecule has 0 atom stereocenters. The zero-order valence-electron chi connectivity index (χ0n) is 13.4. The zero-order valence-corrected chi connectivity index (χ0v) is 15.0. The molecule has 1 aliphatic carbocycles. The Bertz CT molecular complexity index is 844. The van der Waals surface area contributed by atoms with Gasteiger partial charge in [0.25, 0.3) is 10.0 Å². The summed E-state index contributed by atoms with van der Waals surface area (Å²) in [5, 5.41) is 0.112. The third-order valence-electron chi connectivity index (χ3n) is 3.54. The van der Waals surface area contributed by atoms with Crippen LogP contribution >= 0.6 is 11.6 Å². The third kappa shape index (κ3) is 3.62. The van der Waals surface area contributed by atoms with Crippen LogP contribution in [0.2, 0.25) is 0 Å². The molecule has 0 spiro atoms. The lowest BCUT2D eigenvalue weighted by Crippen LogP contribution is -2.20. The maximum absolute atomic E-state index is 12.5. The standard InChI is InChI=1S/C17H18ClNO3S/c1-10(2)15-14(20)9-12(4)17(16(15)18)19-23(21,22)13-7-5-11(3)6-8-13/h5-10H,1-4H3. The number of halogens is 1. The Kier molecular flexibility index (Phi) is 4.92. The smallest absolute Gasteiger partial charge is 0.282 e. The average molecular weight is 352 g/mol. The lowest BCUT2D eigenvalue weighted by atomic mass is 9.90. The minimum absolute atomic E-state index is 0.0934. The molecule has 122 valence electrons. The van der Waals surface area contributed by atoms with E-state index in [1.807, 2.05) is 20.8 Å². The predicted molar refractivity (Wildman–Crippen MR) is 92.3 cm³/mol. The molecule has 0 heterocycles. The first kappa shape index (κ1) is 17.6. The normalized spacial score (nSPS) is 17.9. The topological polar surface area (TPSA) is 63.6 Å². The first-order chi connectivity index (χ1) is 10.6. The second-order valence-corrected chi connectivity index (χ2v) is 7.78. The number of hydrogen-bond donors (Lipinski definition) is 0. The molecule has 4 nitrogen and oxygen atoms in total. The van der Waals surface area contributed by atoms with Crippen LogP contribution in [-0.2, 0) is 14.8 Å². The van der Waals surface area contributed by atoms with Crippen molar-refractivity contribution in [2.45, 2.75) is 32.6 Å². The summed E-state index contributed by atoms with van der Waals surface area (Å²) in [6, 6.07) is 6.42. The Balaban J connectivity index is 2.58. The van der Waals surface area contributed by atoms with E-state index in [2.05, 4.69) is 4.40 Å². The number of hydrogen-bond acceptors (Lipinski definition) is 3.